The van der Waals surface area contributed by atoms with Gasteiger partial charge in [-0.1, -0.05) is 25.4 Å². The standard InChI is InChI=1S/C16H23ClN4O2/c1-3-10(4-2)21-13-12(16(23)5-7-18-8-6-16)11(17)9-19-14(13)20-15(21)22/h9-10,18,23H,3-8H2,1-2H3,(H,19,20,22). The van der Waals surface area contributed by atoms with Crippen molar-refractivity contribution in [2.45, 2.75) is 51.2 Å². The molecule has 0 saturated carbocycles. The van der Waals surface area contributed by atoms with E-state index in [0.717, 1.165) is 25.9 Å². The van der Waals surface area contributed by atoms with Gasteiger partial charge >= 0.3 is 0 Å². The fourth-order valence-corrected chi connectivity index (χ4v) is 3.87. The lowest BCUT2D eigenvalue weighted by atomic mass is 9.84. The number of pyridine rings is 1. The lowest BCUT2D eigenvalue weighted by Gasteiger charge is -2.34. The number of nitrogens with zero attached hydrogens (tertiary/aromatic N) is 3. The Morgan fingerprint density at radius 1 is 1.35 bits per heavy atom. The monoisotopic (exact) mass is 338 g/mol. The van der Waals surface area contributed by atoms with Crippen LogP contribution in [0.1, 0.15) is 51.1 Å². The molecule has 0 aliphatic carbocycles. The van der Waals surface area contributed by atoms with Crippen LogP contribution in [0, 0.1) is 0 Å². The molecule has 0 bridgehead atoms. The Labute approximate surface area is 140 Å². The third-order valence-corrected chi connectivity index (χ3v) is 5.14. The van der Waals surface area contributed by atoms with Gasteiger partial charge in [0.25, 0.3) is 6.01 Å². The van der Waals surface area contributed by atoms with Crippen molar-refractivity contribution in [3.05, 3.63) is 16.8 Å². The van der Waals surface area contributed by atoms with Crippen LogP contribution in [0.5, 0.6) is 6.01 Å². The third kappa shape index (κ3) is 2.69. The van der Waals surface area contributed by atoms with Crippen LogP contribution in [0.25, 0.3) is 11.2 Å². The van der Waals surface area contributed by atoms with Gasteiger partial charge in [-0.15, -0.1) is 0 Å². The van der Waals surface area contributed by atoms with Crippen LogP contribution in [-0.4, -0.2) is 37.8 Å². The molecule has 0 unspecified atom stereocenters. The predicted octanol–water partition coefficient (Wildman–Crippen LogP) is 2.72. The Morgan fingerprint density at radius 2 is 2.00 bits per heavy atom. The number of hydrogen-bond acceptors (Lipinski definition) is 5. The number of halogens is 1. The number of aromatic nitrogens is 3. The van der Waals surface area contributed by atoms with Gasteiger partial charge in [-0.25, -0.2) is 4.98 Å². The Hall–Kier alpha value is -1.37. The van der Waals surface area contributed by atoms with Crippen molar-refractivity contribution in [1.29, 1.82) is 0 Å². The molecule has 6 nitrogen and oxygen atoms in total. The van der Waals surface area contributed by atoms with Crippen molar-refractivity contribution in [3.63, 3.8) is 0 Å². The Balaban J connectivity index is 2.29. The van der Waals surface area contributed by atoms with E-state index in [2.05, 4.69) is 29.1 Å². The first-order chi connectivity index (χ1) is 11.0. The summed E-state index contributed by atoms with van der Waals surface area (Å²) in [6, 6.07) is 0.0200. The van der Waals surface area contributed by atoms with E-state index in [0.29, 0.717) is 34.6 Å². The zero-order valence-corrected chi connectivity index (χ0v) is 14.3. The molecule has 1 aliphatic heterocycles. The number of piperidine rings is 1. The minimum absolute atomic E-state index is 0.0674. The van der Waals surface area contributed by atoms with E-state index < -0.39 is 5.60 Å². The molecule has 1 aliphatic rings. The minimum Gasteiger partial charge on any atom is -0.480 e. The number of imidazole rings is 1. The van der Waals surface area contributed by atoms with Gasteiger partial charge in [-0.2, -0.15) is 4.98 Å². The molecule has 3 N–H and O–H groups in total. The summed E-state index contributed by atoms with van der Waals surface area (Å²) in [5.74, 6) is 0. The van der Waals surface area contributed by atoms with Crippen molar-refractivity contribution in [2.75, 3.05) is 13.1 Å². The summed E-state index contributed by atoms with van der Waals surface area (Å²) in [5.41, 5.74) is 0.707. The quantitative estimate of drug-likeness (QED) is 0.798. The molecule has 0 atom stereocenters. The van der Waals surface area contributed by atoms with Crippen LogP contribution in [0.3, 0.4) is 0 Å². The van der Waals surface area contributed by atoms with E-state index in [1.54, 1.807) is 4.57 Å². The number of fused-ring (bicyclic) bond motifs is 1. The molecule has 3 heterocycles. The maximum Gasteiger partial charge on any atom is 0.296 e. The van der Waals surface area contributed by atoms with Crippen LogP contribution in [0.4, 0.5) is 0 Å². The largest absolute Gasteiger partial charge is 0.480 e. The summed E-state index contributed by atoms with van der Waals surface area (Å²) in [6.45, 7) is 5.58. The number of hydrogen-bond donors (Lipinski definition) is 3. The molecule has 0 amide bonds. The highest BCUT2D eigenvalue weighted by Crippen LogP contribution is 2.41. The molecule has 0 aromatic carbocycles. The molecule has 1 fully saturated rings. The van der Waals surface area contributed by atoms with Gasteiger partial charge in [0.2, 0.25) is 0 Å². The molecule has 3 rings (SSSR count). The van der Waals surface area contributed by atoms with Crippen molar-refractivity contribution < 1.29 is 10.2 Å². The van der Waals surface area contributed by atoms with Crippen molar-refractivity contribution in [1.82, 2.24) is 19.9 Å². The van der Waals surface area contributed by atoms with Gasteiger partial charge in [0.05, 0.1) is 16.1 Å². The Kier molecular flexibility index (Phi) is 4.49. The Bertz CT molecular complexity index is 706. The zero-order valence-electron chi connectivity index (χ0n) is 13.5. The Morgan fingerprint density at radius 3 is 2.61 bits per heavy atom. The SMILES string of the molecule is CCC(CC)n1c(O)nc2ncc(Cl)c(C3(O)CCNCC3)c21. The maximum absolute atomic E-state index is 11.2. The first-order valence-electron chi connectivity index (χ1n) is 8.20. The molecule has 2 aromatic rings. The number of rotatable bonds is 4. The van der Waals surface area contributed by atoms with Crippen LogP contribution < -0.4 is 5.32 Å². The van der Waals surface area contributed by atoms with Crippen LogP contribution >= 0.6 is 11.6 Å². The molecule has 7 heteroatoms. The van der Waals surface area contributed by atoms with Crippen molar-refractivity contribution in [3.8, 4) is 6.01 Å². The number of aromatic hydroxyl groups is 1. The molecule has 126 valence electrons. The summed E-state index contributed by atoms with van der Waals surface area (Å²) >= 11 is 6.43. The summed E-state index contributed by atoms with van der Waals surface area (Å²) in [5, 5.41) is 25.2. The average molecular weight is 339 g/mol. The van der Waals surface area contributed by atoms with E-state index in [1.807, 2.05) is 0 Å². The summed E-state index contributed by atoms with van der Waals surface area (Å²) < 4.78 is 1.78. The average Bonchev–Trinajstić information content (AvgIpc) is 2.86. The van der Waals surface area contributed by atoms with E-state index in [-0.39, 0.29) is 12.1 Å². The topological polar surface area (TPSA) is 83.2 Å². The highest BCUT2D eigenvalue weighted by Gasteiger charge is 2.37. The lowest BCUT2D eigenvalue weighted by molar-refractivity contribution is 0.00702. The predicted molar refractivity (Wildman–Crippen MR) is 89.8 cm³/mol. The smallest absolute Gasteiger partial charge is 0.296 e. The number of aliphatic hydroxyl groups is 1. The number of nitrogens with one attached hydrogen (secondary N) is 1. The lowest BCUT2D eigenvalue weighted by Crippen LogP contribution is -2.40. The second kappa shape index (κ2) is 6.26. The molecule has 23 heavy (non-hydrogen) atoms. The van der Waals surface area contributed by atoms with Crippen LogP contribution in [0.15, 0.2) is 6.20 Å². The van der Waals surface area contributed by atoms with Crippen molar-refractivity contribution in [2.24, 2.45) is 0 Å². The molecule has 2 aromatic heterocycles. The first kappa shape index (κ1) is 16.5. The summed E-state index contributed by atoms with van der Waals surface area (Å²) in [7, 11) is 0. The van der Waals surface area contributed by atoms with Crippen LogP contribution in [-0.2, 0) is 5.60 Å². The van der Waals surface area contributed by atoms with E-state index in [9.17, 15) is 10.2 Å². The van der Waals surface area contributed by atoms with Crippen LogP contribution in [0.2, 0.25) is 5.02 Å². The summed E-state index contributed by atoms with van der Waals surface area (Å²) in [4.78, 5) is 8.43. The van der Waals surface area contributed by atoms with Gasteiger partial charge in [-0.05, 0) is 38.8 Å². The first-order valence-corrected chi connectivity index (χ1v) is 8.58. The summed E-state index contributed by atoms with van der Waals surface area (Å²) in [6.07, 6.45) is 4.35. The van der Waals surface area contributed by atoms with Gasteiger partial charge < -0.3 is 15.5 Å². The van der Waals surface area contributed by atoms with E-state index >= 15 is 0 Å². The zero-order chi connectivity index (χ0) is 16.6. The van der Waals surface area contributed by atoms with E-state index in [1.165, 1.54) is 6.20 Å². The van der Waals surface area contributed by atoms with E-state index in [4.69, 9.17) is 11.6 Å². The second-order valence-electron chi connectivity index (χ2n) is 6.19. The molecule has 0 radical (unpaired) electrons. The third-order valence-electron chi connectivity index (χ3n) is 4.85. The maximum atomic E-state index is 11.2. The normalized spacial score (nSPS) is 18.0. The molecule has 1 saturated heterocycles. The molecular formula is C16H23ClN4O2. The molecule has 0 spiro atoms. The molecular weight excluding hydrogens is 316 g/mol. The van der Waals surface area contributed by atoms with Gasteiger partial charge in [0.1, 0.15) is 0 Å². The van der Waals surface area contributed by atoms with Gasteiger partial charge in [0.15, 0.2) is 5.65 Å². The fraction of sp³-hybridized carbons (Fsp3) is 0.625. The second-order valence-corrected chi connectivity index (χ2v) is 6.59. The van der Waals surface area contributed by atoms with Gasteiger partial charge in [0, 0.05) is 17.8 Å². The highest BCUT2D eigenvalue weighted by atomic mass is 35.5. The fourth-order valence-electron chi connectivity index (χ4n) is 3.56. The minimum atomic E-state index is -1.03. The van der Waals surface area contributed by atoms with Crippen molar-refractivity contribution >= 4 is 22.8 Å². The van der Waals surface area contributed by atoms with Gasteiger partial charge in [-0.3, -0.25) is 4.57 Å². The highest BCUT2D eigenvalue weighted by molar-refractivity contribution is 6.32.